The van der Waals surface area contributed by atoms with Crippen LogP contribution in [-0.2, 0) is 14.6 Å². The fourth-order valence-corrected chi connectivity index (χ4v) is 3.55. The topological polar surface area (TPSA) is 98.5 Å². The Morgan fingerprint density at radius 3 is 2.54 bits per heavy atom. The summed E-state index contributed by atoms with van der Waals surface area (Å²) in [7, 11) is -3.20. The van der Waals surface area contributed by atoms with Crippen molar-refractivity contribution in [3.8, 4) is 5.75 Å². The van der Waals surface area contributed by atoms with Crippen LogP contribution in [0, 0.1) is 11.8 Å². The van der Waals surface area contributed by atoms with E-state index in [1.54, 1.807) is 12.1 Å². The monoisotopic (exact) mass is 376 g/mol. The highest BCUT2D eigenvalue weighted by molar-refractivity contribution is 7.90. The van der Waals surface area contributed by atoms with Gasteiger partial charge in [0, 0.05) is 12.2 Å². The van der Waals surface area contributed by atoms with Crippen molar-refractivity contribution in [2.24, 2.45) is 17.6 Å². The van der Waals surface area contributed by atoms with Gasteiger partial charge >= 0.3 is 0 Å². The molecule has 0 radical (unpaired) electrons. The summed E-state index contributed by atoms with van der Waals surface area (Å²) in [6.07, 6.45) is 4.15. The maximum absolute atomic E-state index is 12.1. The second kappa shape index (κ2) is 9.25. The van der Waals surface area contributed by atoms with Gasteiger partial charge in [0.25, 0.3) is 0 Å². The summed E-state index contributed by atoms with van der Waals surface area (Å²) in [5.41, 5.74) is 5.69. The van der Waals surface area contributed by atoms with Gasteiger partial charge in [-0.1, -0.05) is 6.42 Å². The SMILES string of the molecule is CS(=O)(=O)c1ccc(OCCNC(=O)[C@@H]2CCC[C@@H]2CN)cc1.Cl. The number of rotatable bonds is 7. The molecule has 0 aromatic heterocycles. The third kappa shape index (κ3) is 5.65. The summed E-state index contributed by atoms with van der Waals surface area (Å²) in [5, 5.41) is 2.88. The van der Waals surface area contributed by atoms with Gasteiger partial charge in [-0.3, -0.25) is 4.79 Å². The third-order valence-corrected chi connectivity index (χ3v) is 5.35. The van der Waals surface area contributed by atoms with Gasteiger partial charge in [0.05, 0.1) is 11.4 Å². The van der Waals surface area contributed by atoms with Gasteiger partial charge < -0.3 is 15.8 Å². The Bertz CT molecular complexity index is 634. The summed E-state index contributed by atoms with van der Waals surface area (Å²) >= 11 is 0. The van der Waals surface area contributed by atoms with Gasteiger partial charge in [0.2, 0.25) is 5.91 Å². The molecule has 1 aromatic carbocycles. The van der Waals surface area contributed by atoms with Crippen molar-refractivity contribution in [2.75, 3.05) is 26.0 Å². The molecule has 1 aliphatic rings. The molecule has 0 saturated heterocycles. The average molecular weight is 377 g/mol. The van der Waals surface area contributed by atoms with E-state index in [1.807, 2.05) is 0 Å². The number of hydrogen-bond acceptors (Lipinski definition) is 5. The molecule has 2 atom stereocenters. The molecule has 3 N–H and O–H groups in total. The van der Waals surface area contributed by atoms with E-state index in [0.717, 1.165) is 25.5 Å². The Kier molecular flexibility index (Phi) is 7.99. The number of amides is 1. The van der Waals surface area contributed by atoms with Gasteiger partial charge in [-0.25, -0.2) is 8.42 Å². The number of hydrogen-bond donors (Lipinski definition) is 2. The molecule has 0 spiro atoms. The maximum atomic E-state index is 12.1. The summed E-state index contributed by atoms with van der Waals surface area (Å²) in [6, 6.07) is 6.24. The Labute approximate surface area is 149 Å². The minimum Gasteiger partial charge on any atom is -0.492 e. The molecule has 2 rings (SSSR count). The van der Waals surface area contributed by atoms with Crippen molar-refractivity contribution in [2.45, 2.75) is 24.2 Å². The van der Waals surface area contributed by atoms with Crippen molar-refractivity contribution in [1.29, 1.82) is 0 Å². The van der Waals surface area contributed by atoms with Gasteiger partial charge in [-0.05, 0) is 49.6 Å². The number of halogens is 1. The lowest BCUT2D eigenvalue weighted by Gasteiger charge is -2.17. The first-order valence-corrected chi connectivity index (χ1v) is 9.71. The van der Waals surface area contributed by atoms with Crippen molar-refractivity contribution in [3.05, 3.63) is 24.3 Å². The van der Waals surface area contributed by atoms with Gasteiger partial charge in [0.15, 0.2) is 9.84 Å². The largest absolute Gasteiger partial charge is 0.492 e. The molecule has 8 heteroatoms. The van der Waals surface area contributed by atoms with E-state index < -0.39 is 9.84 Å². The fourth-order valence-electron chi connectivity index (χ4n) is 2.92. The lowest BCUT2D eigenvalue weighted by Crippen LogP contribution is -2.37. The molecule has 136 valence electrons. The molecule has 0 unspecified atom stereocenters. The Hall–Kier alpha value is -1.31. The van der Waals surface area contributed by atoms with E-state index in [-0.39, 0.29) is 29.1 Å². The maximum Gasteiger partial charge on any atom is 0.223 e. The van der Waals surface area contributed by atoms with E-state index in [1.165, 1.54) is 12.1 Å². The normalized spacial score (nSPS) is 20.2. The number of ether oxygens (including phenoxy) is 1. The zero-order valence-electron chi connectivity index (χ0n) is 13.7. The Morgan fingerprint density at radius 2 is 1.96 bits per heavy atom. The Morgan fingerprint density at radius 1 is 1.29 bits per heavy atom. The first-order chi connectivity index (χ1) is 10.9. The molecule has 1 aromatic rings. The van der Waals surface area contributed by atoms with Crippen LogP contribution in [0.15, 0.2) is 29.2 Å². The molecule has 6 nitrogen and oxygen atoms in total. The predicted octanol–water partition coefficient (Wildman–Crippen LogP) is 1.38. The van der Waals surface area contributed by atoms with Gasteiger partial charge in [-0.2, -0.15) is 0 Å². The van der Waals surface area contributed by atoms with Crippen LogP contribution in [0.4, 0.5) is 0 Å². The molecule has 1 aliphatic carbocycles. The molecule has 0 heterocycles. The second-order valence-electron chi connectivity index (χ2n) is 5.92. The zero-order chi connectivity index (χ0) is 16.9. The lowest BCUT2D eigenvalue weighted by molar-refractivity contribution is -0.126. The van der Waals surface area contributed by atoms with Gasteiger partial charge in [0.1, 0.15) is 12.4 Å². The smallest absolute Gasteiger partial charge is 0.223 e. The number of nitrogens with two attached hydrogens (primary N) is 1. The third-order valence-electron chi connectivity index (χ3n) is 4.22. The van der Waals surface area contributed by atoms with Crippen molar-refractivity contribution < 1.29 is 17.9 Å². The number of nitrogens with one attached hydrogen (secondary N) is 1. The van der Waals surface area contributed by atoms with E-state index in [4.69, 9.17) is 10.5 Å². The van der Waals surface area contributed by atoms with Crippen LogP contribution < -0.4 is 15.8 Å². The summed E-state index contributed by atoms with van der Waals surface area (Å²) < 4.78 is 28.2. The molecule has 24 heavy (non-hydrogen) atoms. The molecular weight excluding hydrogens is 352 g/mol. The van der Waals surface area contributed by atoms with Crippen LogP contribution in [0.1, 0.15) is 19.3 Å². The number of sulfone groups is 1. The van der Waals surface area contributed by atoms with Crippen molar-refractivity contribution >= 4 is 28.2 Å². The van der Waals surface area contributed by atoms with E-state index >= 15 is 0 Å². The number of carbonyl (C=O) groups excluding carboxylic acids is 1. The van der Waals surface area contributed by atoms with E-state index in [9.17, 15) is 13.2 Å². The minimum atomic E-state index is -3.20. The first kappa shape index (κ1) is 20.7. The second-order valence-corrected chi connectivity index (χ2v) is 7.93. The number of carbonyl (C=O) groups is 1. The van der Waals surface area contributed by atoms with Crippen LogP contribution in [-0.4, -0.2) is 40.3 Å². The lowest BCUT2D eigenvalue weighted by atomic mass is 9.95. The van der Waals surface area contributed by atoms with Crippen molar-refractivity contribution in [3.63, 3.8) is 0 Å². The molecule has 0 aliphatic heterocycles. The number of benzene rings is 1. The summed E-state index contributed by atoms with van der Waals surface area (Å²) in [5.74, 6) is 0.940. The van der Waals surface area contributed by atoms with Crippen LogP contribution in [0.2, 0.25) is 0 Å². The highest BCUT2D eigenvalue weighted by Gasteiger charge is 2.31. The quantitative estimate of drug-likeness (QED) is 0.700. The van der Waals surface area contributed by atoms with Gasteiger partial charge in [-0.15, -0.1) is 12.4 Å². The zero-order valence-corrected chi connectivity index (χ0v) is 15.4. The highest BCUT2D eigenvalue weighted by Crippen LogP contribution is 2.30. The standard InChI is InChI=1S/C16H24N2O4S.ClH/c1-23(20,21)14-7-5-13(6-8-14)22-10-9-18-16(19)15-4-2-3-12(15)11-17;/h5-8,12,15H,2-4,9-11,17H2,1H3,(H,18,19);1H/t12-,15-;/m1./s1. The predicted molar refractivity (Wildman–Crippen MR) is 95.2 cm³/mol. The summed E-state index contributed by atoms with van der Waals surface area (Å²) in [6.45, 7) is 1.31. The fraction of sp³-hybridized carbons (Fsp3) is 0.562. The molecular formula is C16H25ClN2O4S. The van der Waals surface area contributed by atoms with Crippen LogP contribution in [0.5, 0.6) is 5.75 Å². The van der Waals surface area contributed by atoms with Crippen LogP contribution in [0.3, 0.4) is 0 Å². The highest BCUT2D eigenvalue weighted by atomic mass is 35.5. The van der Waals surface area contributed by atoms with E-state index in [0.29, 0.717) is 31.4 Å². The van der Waals surface area contributed by atoms with Crippen molar-refractivity contribution in [1.82, 2.24) is 5.32 Å². The average Bonchev–Trinajstić information content (AvgIpc) is 2.99. The molecule has 1 fully saturated rings. The first-order valence-electron chi connectivity index (χ1n) is 7.82. The molecule has 1 saturated carbocycles. The molecule has 0 bridgehead atoms. The Balaban J connectivity index is 0.00000288. The summed E-state index contributed by atoms with van der Waals surface area (Å²) in [4.78, 5) is 12.3. The van der Waals surface area contributed by atoms with Crippen LogP contribution in [0.25, 0.3) is 0 Å². The minimum absolute atomic E-state index is 0. The molecule has 1 amide bonds. The van der Waals surface area contributed by atoms with Crippen LogP contribution >= 0.6 is 12.4 Å². The van der Waals surface area contributed by atoms with E-state index in [2.05, 4.69) is 5.32 Å².